The molecule has 43 valence electrons. The van der Waals surface area contributed by atoms with Gasteiger partial charge >= 0.3 is 0 Å². The highest BCUT2D eigenvalue weighted by Gasteiger charge is 1.80. The van der Waals surface area contributed by atoms with E-state index in [0.29, 0.717) is 0 Å². The summed E-state index contributed by atoms with van der Waals surface area (Å²) in [7, 11) is 0. The van der Waals surface area contributed by atoms with Gasteiger partial charge in [-0.25, -0.2) is 0 Å². The van der Waals surface area contributed by atoms with Crippen molar-refractivity contribution >= 4 is 11.8 Å². The molecule has 0 aliphatic heterocycles. The Bertz CT molecular complexity index is 23.4. The van der Waals surface area contributed by atoms with Gasteiger partial charge in [-0.05, 0) is 12.2 Å². The lowest BCUT2D eigenvalue weighted by atomic mass is 10.3. The molecule has 0 aromatic heterocycles. The SMILES string of the molecule is [CH2]SCCCCC. The summed E-state index contributed by atoms with van der Waals surface area (Å²) in [5.41, 5.74) is 0. The maximum atomic E-state index is 3.67. The van der Waals surface area contributed by atoms with E-state index in [1.54, 1.807) is 11.8 Å². The molecule has 0 fully saturated rings. The summed E-state index contributed by atoms with van der Waals surface area (Å²) in [5, 5.41) is 0. The lowest BCUT2D eigenvalue weighted by Crippen LogP contribution is -1.74. The molecule has 0 saturated heterocycles. The maximum absolute atomic E-state index is 3.67. The molecular weight excluding hydrogens is 104 g/mol. The summed E-state index contributed by atoms with van der Waals surface area (Å²) in [6.07, 6.45) is 7.70. The van der Waals surface area contributed by atoms with E-state index in [0.717, 1.165) is 0 Å². The van der Waals surface area contributed by atoms with Crippen LogP contribution in [0.2, 0.25) is 0 Å². The first-order chi connectivity index (χ1) is 3.41. The minimum absolute atomic E-state index is 1.23. The molecule has 0 bridgehead atoms. The van der Waals surface area contributed by atoms with E-state index < -0.39 is 0 Å². The summed E-state index contributed by atoms with van der Waals surface area (Å²) in [4.78, 5) is 0. The molecule has 7 heavy (non-hydrogen) atoms. The molecule has 0 aliphatic rings. The van der Waals surface area contributed by atoms with Crippen molar-refractivity contribution in [3.05, 3.63) is 6.26 Å². The van der Waals surface area contributed by atoms with E-state index in [9.17, 15) is 0 Å². The molecule has 0 saturated carbocycles. The zero-order chi connectivity index (χ0) is 5.54. The molecule has 0 amide bonds. The molecule has 0 rings (SSSR count). The molecule has 1 radical (unpaired) electrons. The second-order valence-corrected chi connectivity index (χ2v) is 2.43. The largest absolute Gasteiger partial charge is 0.161 e. The fourth-order valence-electron chi connectivity index (χ4n) is 0.454. The molecule has 0 unspecified atom stereocenters. The summed E-state index contributed by atoms with van der Waals surface area (Å²) in [6, 6.07) is 0. The van der Waals surface area contributed by atoms with Crippen LogP contribution in [0.1, 0.15) is 26.2 Å². The van der Waals surface area contributed by atoms with Gasteiger partial charge in [0.05, 0.1) is 0 Å². The van der Waals surface area contributed by atoms with Crippen LogP contribution < -0.4 is 0 Å². The zero-order valence-corrected chi connectivity index (χ0v) is 5.76. The third-order valence-corrected chi connectivity index (χ3v) is 1.47. The Morgan fingerprint density at radius 2 is 2.14 bits per heavy atom. The van der Waals surface area contributed by atoms with E-state index >= 15 is 0 Å². The van der Waals surface area contributed by atoms with Gasteiger partial charge in [-0.1, -0.05) is 19.8 Å². The van der Waals surface area contributed by atoms with Crippen LogP contribution in [0.15, 0.2) is 0 Å². The van der Waals surface area contributed by atoms with Gasteiger partial charge in [0.25, 0.3) is 0 Å². The molecule has 0 atom stereocenters. The highest BCUT2D eigenvalue weighted by molar-refractivity contribution is 8.00. The lowest BCUT2D eigenvalue weighted by molar-refractivity contribution is 0.779. The summed E-state index contributed by atoms with van der Waals surface area (Å²) < 4.78 is 0. The fourth-order valence-corrected chi connectivity index (χ4v) is 0.862. The van der Waals surface area contributed by atoms with Crippen LogP contribution in [0.4, 0.5) is 0 Å². The van der Waals surface area contributed by atoms with Crippen molar-refractivity contribution in [3.63, 3.8) is 0 Å². The molecule has 1 heteroatoms. The minimum atomic E-state index is 1.23. The molecule has 0 aliphatic carbocycles. The third-order valence-electron chi connectivity index (χ3n) is 0.892. The van der Waals surface area contributed by atoms with Crippen LogP contribution in [-0.2, 0) is 0 Å². The Kier molecular flexibility index (Phi) is 6.67. The van der Waals surface area contributed by atoms with Crippen LogP contribution in [-0.4, -0.2) is 5.75 Å². The van der Waals surface area contributed by atoms with Crippen LogP contribution in [0.25, 0.3) is 0 Å². The van der Waals surface area contributed by atoms with Gasteiger partial charge in [0.2, 0.25) is 0 Å². The summed E-state index contributed by atoms with van der Waals surface area (Å²) >= 11 is 1.69. The minimum Gasteiger partial charge on any atom is -0.161 e. The number of unbranched alkanes of at least 4 members (excludes halogenated alkanes) is 2. The third kappa shape index (κ3) is 6.35. The van der Waals surface area contributed by atoms with Crippen LogP contribution in [0, 0.1) is 6.26 Å². The summed E-state index contributed by atoms with van der Waals surface area (Å²) in [5.74, 6) is 1.23. The van der Waals surface area contributed by atoms with Gasteiger partial charge in [0, 0.05) is 6.26 Å². The number of hydrogen-bond acceptors (Lipinski definition) is 1. The quantitative estimate of drug-likeness (QED) is 0.510. The topological polar surface area (TPSA) is 0 Å². The molecule has 0 nitrogen and oxygen atoms in total. The predicted octanol–water partition coefficient (Wildman–Crippen LogP) is 2.70. The highest BCUT2D eigenvalue weighted by Crippen LogP contribution is 2.01. The highest BCUT2D eigenvalue weighted by atomic mass is 32.2. The second kappa shape index (κ2) is 6.35. The fraction of sp³-hybridized carbons (Fsp3) is 0.833. The predicted molar refractivity (Wildman–Crippen MR) is 37.3 cm³/mol. The molecule has 0 aromatic rings. The van der Waals surface area contributed by atoms with E-state index in [2.05, 4.69) is 13.2 Å². The first-order valence-corrected chi connectivity index (χ1v) is 3.94. The van der Waals surface area contributed by atoms with E-state index in [-0.39, 0.29) is 0 Å². The number of thioether (sulfide) groups is 1. The Balaban J connectivity index is 2.45. The smallest absolute Gasteiger partial charge is 0.00235 e. The Morgan fingerprint density at radius 1 is 1.43 bits per heavy atom. The molecule has 0 spiro atoms. The number of hydrogen-bond donors (Lipinski definition) is 0. The normalized spacial score (nSPS) is 9.43. The van der Waals surface area contributed by atoms with Gasteiger partial charge < -0.3 is 0 Å². The van der Waals surface area contributed by atoms with Gasteiger partial charge in [-0.2, -0.15) is 11.8 Å². The second-order valence-electron chi connectivity index (χ2n) is 1.62. The van der Waals surface area contributed by atoms with Crippen LogP contribution in [0.5, 0.6) is 0 Å². The first kappa shape index (κ1) is 7.35. The zero-order valence-electron chi connectivity index (χ0n) is 4.94. The Hall–Kier alpha value is 0.350. The van der Waals surface area contributed by atoms with Crippen molar-refractivity contribution in [1.29, 1.82) is 0 Å². The van der Waals surface area contributed by atoms with Crippen molar-refractivity contribution < 1.29 is 0 Å². The molecule has 0 aromatic carbocycles. The van der Waals surface area contributed by atoms with Crippen molar-refractivity contribution in [2.75, 3.05) is 5.75 Å². The van der Waals surface area contributed by atoms with Crippen LogP contribution in [0.3, 0.4) is 0 Å². The van der Waals surface area contributed by atoms with Crippen LogP contribution >= 0.6 is 11.8 Å². The molecular formula is C6H13S. The van der Waals surface area contributed by atoms with Crippen molar-refractivity contribution in [2.24, 2.45) is 0 Å². The van der Waals surface area contributed by atoms with Crippen molar-refractivity contribution in [2.45, 2.75) is 26.2 Å². The Morgan fingerprint density at radius 3 is 2.57 bits per heavy atom. The average Bonchev–Trinajstić information content (AvgIpc) is 1.69. The van der Waals surface area contributed by atoms with Gasteiger partial charge in [-0.3, -0.25) is 0 Å². The standard InChI is InChI=1S/C6H13S/c1-3-4-5-6-7-2/h2-6H2,1H3. The van der Waals surface area contributed by atoms with E-state index in [1.807, 2.05) is 0 Å². The van der Waals surface area contributed by atoms with Gasteiger partial charge in [0.15, 0.2) is 0 Å². The van der Waals surface area contributed by atoms with E-state index in [4.69, 9.17) is 0 Å². The number of rotatable bonds is 4. The molecule has 0 heterocycles. The van der Waals surface area contributed by atoms with Crippen molar-refractivity contribution in [3.8, 4) is 0 Å². The van der Waals surface area contributed by atoms with Gasteiger partial charge in [0.1, 0.15) is 0 Å². The summed E-state index contributed by atoms with van der Waals surface area (Å²) in [6.45, 7) is 2.22. The van der Waals surface area contributed by atoms with Gasteiger partial charge in [-0.15, -0.1) is 0 Å². The first-order valence-electron chi connectivity index (χ1n) is 2.78. The van der Waals surface area contributed by atoms with Crippen molar-refractivity contribution in [1.82, 2.24) is 0 Å². The molecule has 0 N–H and O–H groups in total. The van der Waals surface area contributed by atoms with E-state index in [1.165, 1.54) is 25.0 Å². The Labute approximate surface area is 50.7 Å². The monoisotopic (exact) mass is 117 g/mol. The lowest BCUT2D eigenvalue weighted by Gasteiger charge is -1.90. The average molecular weight is 117 g/mol. The maximum Gasteiger partial charge on any atom is 0.00235 e.